The number of nitrogens with one attached hydrogen (secondary N) is 2. The Bertz CT molecular complexity index is 429. The first-order chi connectivity index (χ1) is 8.11. The van der Waals surface area contributed by atoms with Gasteiger partial charge in [0.15, 0.2) is 0 Å². The topological polar surface area (TPSA) is 44.4 Å². The van der Waals surface area contributed by atoms with Gasteiger partial charge in [0, 0.05) is 26.2 Å². The fraction of sp³-hybridized carbons (Fsp3) is 0.462. The number of amides is 1. The van der Waals surface area contributed by atoms with Gasteiger partial charge in [-0.1, -0.05) is 6.07 Å². The van der Waals surface area contributed by atoms with E-state index in [0.717, 1.165) is 30.0 Å². The van der Waals surface area contributed by atoms with Crippen molar-refractivity contribution < 1.29 is 4.79 Å². The number of hydrogen-bond acceptors (Lipinski definition) is 3. The number of fused-ring (bicyclic) bond motifs is 1. The van der Waals surface area contributed by atoms with Crippen molar-refractivity contribution in [2.45, 2.75) is 19.9 Å². The van der Waals surface area contributed by atoms with Crippen molar-refractivity contribution in [2.75, 3.05) is 30.8 Å². The summed E-state index contributed by atoms with van der Waals surface area (Å²) in [5.74, 6) is 0.0630. The highest BCUT2D eigenvalue weighted by molar-refractivity contribution is 6.02. The number of rotatable bonds is 2. The van der Waals surface area contributed by atoms with Gasteiger partial charge < -0.3 is 15.5 Å². The van der Waals surface area contributed by atoms with E-state index in [9.17, 15) is 4.79 Å². The maximum Gasteiger partial charge on any atom is 0.256 e. The maximum atomic E-state index is 12.3. The van der Waals surface area contributed by atoms with E-state index < -0.39 is 0 Å². The lowest BCUT2D eigenvalue weighted by atomic mass is 10.1. The Labute approximate surface area is 102 Å². The second-order valence-corrected chi connectivity index (χ2v) is 4.59. The van der Waals surface area contributed by atoms with E-state index in [0.29, 0.717) is 0 Å². The SMILES string of the molecule is CC(C)N(C)C(=O)c1cccc2c1NCCN2. The van der Waals surface area contributed by atoms with Crippen molar-refractivity contribution in [3.05, 3.63) is 23.8 Å². The number of carbonyl (C=O) groups is 1. The van der Waals surface area contributed by atoms with Crippen LogP contribution in [0.1, 0.15) is 24.2 Å². The van der Waals surface area contributed by atoms with Gasteiger partial charge in [0.1, 0.15) is 0 Å². The number of para-hydroxylation sites is 1. The maximum absolute atomic E-state index is 12.3. The molecule has 1 amide bonds. The van der Waals surface area contributed by atoms with Gasteiger partial charge in [-0.25, -0.2) is 0 Å². The van der Waals surface area contributed by atoms with Crippen LogP contribution in [0.15, 0.2) is 18.2 Å². The molecule has 0 radical (unpaired) electrons. The lowest BCUT2D eigenvalue weighted by molar-refractivity contribution is 0.0756. The summed E-state index contributed by atoms with van der Waals surface area (Å²) in [6.07, 6.45) is 0. The van der Waals surface area contributed by atoms with Crippen LogP contribution in [0, 0.1) is 0 Å². The van der Waals surface area contributed by atoms with E-state index in [4.69, 9.17) is 0 Å². The quantitative estimate of drug-likeness (QED) is 0.821. The van der Waals surface area contributed by atoms with Crippen molar-refractivity contribution >= 4 is 17.3 Å². The molecule has 0 saturated heterocycles. The van der Waals surface area contributed by atoms with Crippen LogP contribution in [0.2, 0.25) is 0 Å². The Morgan fingerprint density at radius 1 is 1.29 bits per heavy atom. The van der Waals surface area contributed by atoms with Crippen LogP contribution < -0.4 is 10.6 Å². The van der Waals surface area contributed by atoms with Crippen LogP contribution in [-0.4, -0.2) is 37.0 Å². The van der Waals surface area contributed by atoms with Crippen LogP contribution in [0.25, 0.3) is 0 Å². The normalized spacial score (nSPS) is 13.6. The van der Waals surface area contributed by atoms with Gasteiger partial charge >= 0.3 is 0 Å². The number of nitrogens with zero attached hydrogens (tertiary/aromatic N) is 1. The Morgan fingerprint density at radius 3 is 2.71 bits per heavy atom. The number of benzene rings is 1. The van der Waals surface area contributed by atoms with E-state index in [1.807, 2.05) is 39.1 Å². The molecule has 1 aromatic carbocycles. The average Bonchev–Trinajstić information content (AvgIpc) is 2.36. The first-order valence-electron chi connectivity index (χ1n) is 5.99. The molecule has 0 unspecified atom stereocenters. The van der Waals surface area contributed by atoms with Crippen molar-refractivity contribution in [1.29, 1.82) is 0 Å². The molecule has 0 fully saturated rings. The summed E-state index contributed by atoms with van der Waals surface area (Å²) in [4.78, 5) is 14.1. The lowest BCUT2D eigenvalue weighted by Crippen LogP contribution is -2.34. The highest BCUT2D eigenvalue weighted by atomic mass is 16.2. The molecule has 1 aliphatic heterocycles. The summed E-state index contributed by atoms with van der Waals surface area (Å²) in [5.41, 5.74) is 2.68. The van der Waals surface area contributed by atoms with Gasteiger partial charge in [-0.2, -0.15) is 0 Å². The Balaban J connectivity index is 2.35. The summed E-state index contributed by atoms with van der Waals surface area (Å²) in [5, 5.41) is 6.59. The average molecular weight is 233 g/mol. The molecule has 0 aliphatic carbocycles. The van der Waals surface area contributed by atoms with Gasteiger partial charge in [0.05, 0.1) is 16.9 Å². The summed E-state index contributed by atoms with van der Waals surface area (Å²) in [7, 11) is 1.84. The molecule has 4 heteroatoms. The molecular weight excluding hydrogens is 214 g/mol. The molecule has 92 valence electrons. The predicted molar refractivity (Wildman–Crippen MR) is 70.7 cm³/mol. The third kappa shape index (κ3) is 2.20. The molecule has 1 aromatic rings. The van der Waals surface area contributed by atoms with E-state index in [1.54, 1.807) is 4.90 Å². The summed E-state index contributed by atoms with van der Waals surface area (Å²) < 4.78 is 0. The smallest absolute Gasteiger partial charge is 0.256 e. The number of anilines is 2. The van der Waals surface area contributed by atoms with Gasteiger partial charge in [-0.3, -0.25) is 4.79 Å². The molecule has 17 heavy (non-hydrogen) atoms. The van der Waals surface area contributed by atoms with Gasteiger partial charge in [-0.05, 0) is 26.0 Å². The van der Waals surface area contributed by atoms with Crippen LogP contribution in [0.3, 0.4) is 0 Å². The minimum absolute atomic E-state index is 0.0630. The molecule has 0 aromatic heterocycles. The monoisotopic (exact) mass is 233 g/mol. The van der Waals surface area contributed by atoms with E-state index in [1.165, 1.54) is 0 Å². The summed E-state index contributed by atoms with van der Waals surface area (Å²) in [6.45, 7) is 5.77. The van der Waals surface area contributed by atoms with E-state index in [-0.39, 0.29) is 11.9 Å². The molecule has 1 heterocycles. The zero-order valence-corrected chi connectivity index (χ0v) is 10.6. The molecule has 2 N–H and O–H groups in total. The van der Waals surface area contributed by atoms with Crippen molar-refractivity contribution in [3.63, 3.8) is 0 Å². The van der Waals surface area contributed by atoms with Crippen LogP contribution in [-0.2, 0) is 0 Å². The van der Waals surface area contributed by atoms with Crippen molar-refractivity contribution in [1.82, 2.24) is 4.90 Å². The Kier molecular flexibility index (Phi) is 3.22. The van der Waals surface area contributed by atoms with Crippen molar-refractivity contribution in [2.24, 2.45) is 0 Å². The van der Waals surface area contributed by atoms with E-state index >= 15 is 0 Å². The molecule has 4 nitrogen and oxygen atoms in total. The minimum Gasteiger partial charge on any atom is -0.382 e. The third-order valence-electron chi connectivity index (χ3n) is 3.13. The first-order valence-corrected chi connectivity index (χ1v) is 5.99. The number of carbonyl (C=O) groups excluding carboxylic acids is 1. The fourth-order valence-electron chi connectivity index (χ4n) is 1.88. The van der Waals surface area contributed by atoms with Crippen molar-refractivity contribution in [3.8, 4) is 0 Å². The summed E-state index contributed by atoms with van der Waals surface area (Å²) in [6, 6.07) is 5.99. The molecular formula is C13H19N3O. The van der Waals surface area contributed by atoms with Gasteiger partial charge in [0.25, 0.3) is 5.91 Å². The standard InChI is InChI=1S/C13H19N3O/c1-9(2)16(3)13(17)10-5-4-6-11-12(10)15-8-7-14-11/h4-6,9,14-15H,7-8H2,1-3H3. The zero-order valence-electron chi connectivity index (χ0n) is 10.6. The Hall–Kier alpha value is -1.71. The van der Waals surface area contributed by atoms with Crippen LogP contribution in [0.5, 0.6) is 0 Å². The predicted octanol–water partition coefficient (Wildman–Crippen LogP) is 2.00. The second-order valence-electron chi connectivity index (χ2n) is 4.59. The zero-order chi connectivity index (χ0) is 12.4. The van der Waals surface area contributed by atoms with Gasteiger partial charge in [0.2, 0.25) is 0 Å². The first kappa shape index (κ1) is 11.8. The van der Waals surface area contributed by atoms with Crippen LogP contribution in [0.4, 0.5) is 11.4 Å². The highest BCUT2D eigenvalue weighted by Gasteiger charge is 2.20. The minimum atomic E-state index is 0.0630. The molecule has 1 aliphatic rings. The lowest BCUT2D eigenvalue weighted by Gasteiger charge is -2.26. The van der Waals surface area contributed by atoms with E-state index in [2.05, 4.69) is 10.6 Å². The largest absolute Gasteiger partial charge is 0.382 e. The highest BCUT2D eigenvalue weighted by Crippen LogP contribution is 2.29. The molecule has 2 rings (SSSR count). The molecule has 0 bridgehead atoms. The second kappa shape index (κ2) is 4.65. The van der Waals surface area contributed by atoms with Gasteiger partial charge in [-0.15, -0.1) is 0 Å². The number of hydrogen-bond donors (Lipinski definition) is 2. The summed E-state index contributed by atoms with van der Waals surface area (Å²) >= 11 is 0. The Morgan fingerprint density at radius 2 is 2.00 bits per heavy atom. The fourth-order valence-corrected chi connectivity index (χ4v) is 1.88. The molecule has 0 atom stereocenters. The van der Waals surface area contributed by atoms with Crippen LogP contribution >= 0.6 is 0 Å². The molecule has 0 spiro atoms. The molecule has 0 saturated carbocycles. The third-order valence-corrected chi connectivity index (χ3v) is 3.13.